The number of nitrogens with one attached hydrogen (secondary N) is 1. The topological polar surface area (TPSA) is 96.7 Å². The van der Waals surface area contributed by atoms with Gasteiger partial charge in [-0.15, -0.1) is 10.2 Å². The van der Waals surface area contributed by atoms with Crippen molar-refractivity contribution in [3.05, 3.63) is 18.7 Å². The molecule has 3 N–H and O–H groups in total. The number of nitrogens with two attached hydrogens (primary N) is 1. The minimum absolute atomic E-state index is 0.482. The number of hydrogen-bond donors (Lipinski definition) is 2. The van der Waals surface area contributed by atoms with Gasteiger partial charge in [-0.25, -0.2) is 4.98 Å². The van der Waals surface area contributed by atoms with Crippen molar-refractivity contribution in [3.8, 4) is 0 Å². The third kappa shape index (κ3) is 3.69. The van der Waals surface area contributed by atoms with Gasteiger partial charge in [0.15, 0.2) is 11.8 Å². The minimum Gasteiger partial charge on any atom is -0.370 e. The molecule has 1 aliphatic heterocycles. The molecule has 3 heterocycles. The number of guanidine groups is 1. The van der Waals surface area contributed by atoms with E-state index in [1.807, 2.05) is 10.6 Å². The van der Waals surface area contributed by atoms with Crippen molar-refractivity contribution in [2.75, 3.05) is 31.1 Å². The summed E-state index contributed by atoms with van der Waals surface area (Å²) in [7, 11) is 0. The molecule has 0 aliphatic carbocycles. The van der Waals surface area contributed by atoms with E-state index in [1.165, 1.54) is 0 Å². The molecule has 1 unspecified atom stereocenters. The predicted octanol–water partition coefficient (Wildman–Crippen LogP) is 0.655. The number of aromatic nitrogens is 4. The van der Waals surface area contributed by atoms with Crippen LogP contribution >= 0.6 is 0 Å². The van der Waals surface area contributed by atoms with E-state index in [4.69, 9.17) is 5.73 Å². The van der Waals surface area contributed by atoms with E-state index in [1.54, 1.807) is 12.5 Å². The number of anilines is 1. The van der Waals surface area contributed by atoms with E-state index in [2.05, 4.69) is 37.3 Å². The standard InChI is InChI=1S/C15H24N8/c1-2-5-18-15(16)19-9-12-4-3-7-22(10-12)13-14-21-20-11-23(14)8-6-17-13/h6,8,11-12H,2-5,7,9-10H2,1H3,(H3,16,18,19). The quantitative estimate of drug-likeness (QED) is 0.621. The Hall–Kier alpha value is -2.38. The summed E-state index contributed by atoms with van der Waals surface area (Å²) >= 11 is 0. The number of fused-ring (bicyclic) bond motifs is 1. The van der Waals surface area contributed by atoms with E-state index >= 15 is 0 Å². The number of piperidine rings is 1. The summed E-state index contributed by atoms with van der Waals surface area (Å²) in [5.41, 5.74) is 6.68. The van der Waals surface area contributed by atoms with Crippen LogP contribution in [0.5, 0.6) is 0 Å². The predicted molar refractivity (Wildman–Crippen MR) is 90.5 cm³/mol. The molecule has 1 atom stereocenters. The maximum absolute atomic E-state index is 5.87. The van der Waals surface area contributed by atoms with Gasteiger partial charge in [0, 0.05) is 38.6 Å². The monoisotopic (exact) mass is 316 g/mol. The molecule has 0 bridgehead atoms. The summed E-state index contributed by atoms with van der Waals surface area (Å²) in [4.78, 5) is 11.3. The fourth-order valence-corrected chi connectivity index (χ4v) is 2.91. The van der Waals surface area contributed by atoms with Crippen molar-refractivity contribution in [1.29, 1.82) is 0 Å². The fraction of sp³-hybridized carbons (Fsp3) is 0.600. The molecule has 8 heteroatoms. The van der Waals surface area contributed by atoms with E-state index in [9.17, 15) is 0 Å². The first-order chi connectivity index (χ1) is 11.3. The first-order valence-electron chi connectivity index (χ1n) is 8.21. The zero-order valence-corrected chi connectivity index (χ0v) is 13.5. The van der Waals surface area contributed by atoms with Gasteiger partial charge < -0.3 is 16.0 Å². The summed E-state index contributed by atoms with van der Waals surface area (Å²) < 4.78 is 1.90. The van der Waals surface area contributed by atoms with Gasteiger partial charge in [-0.1, -0.05) is 6.92 Å². The maximum Gasteiger partial charge on any atom is 0.203 e. The van der Waals surface area contributed by atoms with Crippen LogP contribution in [-0.4, -0.2) is 51.7 Å². The summed E-state index contributed by atoms with van der Waals surface area (Å²) in [6.45, 7) is 5.63. The second-order valence-corrected chi connectivity index (χ2v) is 5.92. The van der Waals surface area contributed by atoms with Crippen LogP contribution in [0.1, 0.15) is 26.2 Å². The lowest BCUT2D eigenvalue weighted by molar-refractivity contribution is 0.422. The fourth-order valence-electron chi connectivity index (χ4n) is 2.91. The van der Waals surface area contributed by atoms with Gasteiger partial charge in [-0.3, -0.25) is 9.39 Å². The summed E-state index contributed by atoms with van der Waals surface area (Å²) in [5.74, 6) is 1.92. The molecule has 2 aromatic heterocycles. The van der Waals surface area contributed by atoms with Gasteiger partial charge in [0.05, 0.1) is 0 Å². The van der Waals surface area contributed by atoms with Crippen LogP contribution in [0.2, 0.25) is 0 Å². The smallest absolute Gasteiger partial charge is 0.203 e. The van der Waals surface area contributed by atoms with Crippen molar-refractivity contribution in [1.82, 2.24) is 24.9 Å². The molecule has 1 saturated heterocycles. The summed E-state index contributed by atoms with van der Waals surface area (Å²) in [6.07, 6.45) is 8.69. The molecule has 1 fully saturated rings. The lowest BCUT2D eigenvalue weighted by Gasteiger charge is -2.32. The van der Waals surface area contributed by atoms with Crippen molar-refractivity contribution < 1.29 is 0 Å². The van der Waals surface area contributed by atoms with Gasteiger partial charge >= 0.3 is 0 Å². The number of hydrogen-bond acceptors (Lipinski definition) is 5. The minimum atomic E-state index is 0.482. The van der Waals surface area contributed by atoms with E-state index in [0.717, 1.165) is 56.9 Å². The molecule has 0 aromatic carbocycles. The van der Waals surface area contributed by atoms with Crippen LogP contribution in [0.15, 0.2) is 23.7 Å². The number of nitrogens with zero attached hydrogens (tertiary/aromatic N) is 6. The molecule has 0 spiro atoms. The van der Waals surface area contributed by atoms with Crippen LogP contribution in [0.3, 0.4) is 0 Å². The number of rotatable bonds is 5. The zero-order valence-electron chi connectivity index (χ0n) is 13.5. The zero-order chi connectivity index (χ0) is 16.1. The largest absolute Gasteiger partial charge is 0.370 e. The third-order valence-electron chi connectivity index (χ3n) is 4.09. The highest BCUT2D eigenvalue weighted by Gasteiger charge is 2.23. The molecular weight excluding hydrogens is 292 g/mol. The molecule has 1 aliphatic rings. The maximum atomic E-state index is 5.87. The molecule has 124 valence electrons. The Morgan fingerprint density at radius 1 is 1.52 bits per heavy atom. The Labute approximate surface area is 135 Å². The Morgan fingerprint density at radius 3 is 3.30 bits per heavy atom. The Bertz CT molecular complexity index is 664. The van der Waals surface area contributed by atoms with Crippen LogP contribution in [-0.2, 0) is 0 Å². The highest BCUT2D eigenvalue weighted by Crippen LogP contribution is 2.24. The van der Waals surface area contributed by atoms with Crippen molar-refractivity contribution in [2.24, 2.45) is 16.6 Å². The highest BCUT2D eigenvalue weighted by molar-refractivity contribution is 5.77. The Kier molecular flexibility index (Phi) is 4.89. The Balaban J connectivity index is 1.65. The van der Waals surface area contributed by atoms with Gasteiger partial charge in [0.1, 0.15) is 6.33 Å². The van der Waals surface area contributed by atoms with Crippen LogP contribution in [0, 0.1) is 5.92 Å². The summed E-state index contributed by atoms with van der Waals surface area (Å²) in [5, 5.41) is 11.3. The second-order valence-electron chi connectivity index (χ2n) is 5.92. The van der Waals surface area contributed by atoms with Crippen LogP contribution < -0.4 is 16.0 Å². The first-order valence-corrected chi connectivity index (χ1v) is 8.21. The van der Waals surface area contributed by atoms with E-state index in [0.29, 0.717) is 11.9 Å². The average Bonchev–Trinajstić information content (AvgIpc) is 3.07. The molecule has 0 radical (unpaired) electrons. The molecule has 2 aromatic rings. The van der Waals surface area contributed by atoms with Crippen LogP contribution in [0.4, 0.5) is 5.82 Å². The van der Waals surface area contributed by atoms with Crippen molar-refractivity contribution >= 4 is 17.4 Å². The van der Waals surface area contributed by atoms with Gasteiger partial charge in [-0.05, 0) is 25.2 Å². The van der Waals surface area contributed by atoms with Crippen molar-refractivity contribution in [2.45, 2.75) is 26.2 Å². The molecule has 8 nitrogen and oxygen atoms in total. The third-order valence-corrected chi connectivity index (χ3v) is 4.09. The molecule has 23 heavy (non-hydrogen) atoms. The SMILES string of the molecule is CCCNC(N)=NCC1CCCN(c2nccn3cnnc23)C1. The molecular formula is C15H24N8. The lowest BCUT2D eigenvalue weighted by atomic mass is 9.98. The van der Waals surface area contributed by atoms with Crippen molar-refractivity contribution in [3.63, 3.8) is 0 Å². The van der Waals surface area contributed by atoms with E-state index < -0.39 is 0 Å². The highest BCUT2D eigenvalue weighted by atomic mass is 15.3. The number of aliphatic imine (C=N–C) groups is 1. The van der Waals surface area contributed by atoms with Gasteiger partial charge in [0.2, 0.25) is 5.65 Å². The average molecular weight is 316 g/mol. The van der Waals surface area contributed by atoms with Crippen LogP contribution in [0.25, 0.3) is 5.65 Å². The normalized spacial score (nSPS) is 19.3. The summed E-state index contributed by atoms with van der Waals surface area (Å²) in [6, 6.07) is 0. The first kappa shape index (κ1) is 15.5. The Morgan fingerprint density at radius 2 is 2.43 bits per heavy atom. The van der Waals surface area contributed by atoms with Gasteiger partial charge in [0.25, 0.3) is 0 Å². The van der Waals surface area contributed by atoms with E-state index in [-0.39, 0.29) is 0 Å². The molecule has 0 saturated carbocycles. The second kappa shape index (κ2) is 7.26. The lowest BCUT2D eigenvalue weighted by Crippen LogP contribution is -2.38. The van der Waals surface area contributed by atoms with Gasteiger partial charge in [-0.2, -0.15) is 0 Å². The molecule has 3 rings (SSSR count). The molecule has 0 amide bonds.